The molecule has 0 atom stereocenters. The summed E-state index contributed by atoms with van der Waals surface area (Å²) in [5, 5.41) is 20.3. The number of hydrogen-bond donors (Lipinski definition) is 2. The molecule has 0 amide bonds. The van der Waals surface area contributed by atoms with Crippen molar-refractivity contribution >= 4 is 34.4 Å². The highest BCUT2D eigenvalue weighted by Crippen LogP contribution is 2.33. The van der Waals surface area contributed by atoms with Gasteiger partial charge in [0, 0.05) is 11.6 Å². The predicted octanol–water partition coefficient (Wildman–Crippen LogP) is 4.21. The molecule has 4 rings (SSSR count). The van der Waals surface area contributed by atoms with E-state index in [2.05, 4.69) is 9.98 Å². The molecule has 0 bridgehead atoms. The number of carbonyl (C=O) groups excluding carboxylic acids is 2. The summed E-state index contributed by atoms with van der Waals surface area (Å²) >= 11 is 0. The SMILES string of the molecule is O=C1C=CC(=Nc2ccc(O)c(COc3cc(N=C4C=CC(=O)C=C4)ccc3O)c2)C=C1. The van der Waals surface area contributed by atoms with Crippen molar-refractivity contribution in [2.24, 2.45) is 9.98 Å². The molecule has 0 heterocycles. The van der Waals surface area contributed by atoms with E-state index in [1.54, 1.807) is 48.6 Å². The molecular weight excluding hydrogens is 408 g/mol. The third-order valence-electron chi connectivity index (χ3n) is 4.58. The number of hydrogen-bond acceptors (Lipinski definition) is 7. The van der Waals surface area contributed by atoms with E-state index in [-0.39, 0.29) is 35.4 Å². The minimum atomic E-state index is -0.102. The van der Waals surface area contributed by atoms with Gasteiger partial charge in [0.15, 0.2) is 23.1 Å². The lowest BCUT2D eigenvalue weighted by molar-refractivity contribution is -0.111. The number of ether oxygens (including phenoxy) is 1. The van der Waals surface area contributed by atoms with E-state index in [1.807, 2.05) is 0 Å². The van der Waals surface area contributed by atoms with E-state index in [9.17, 15) is 19.8 Å². The molecule has 2 aromatic rings. The Morgan fingerprint density at radius 1 is 0.656 bits per heavy atom. The van der Waals surface area contributed by atoms with Crippen LogP contribution in [0.25, 0.3) is 0 Å². The van der Waals surface area contributed by atoms with Gasteiger partial charge in [0.05, 0.1) is 22.8 Å². The highest BCUT2D eigenvalue weighted by Gasteiger charge is 2.09. The van der Waals surface area contributed by atoms with Crippen molar-refractivity contribution in [3.63, 3.8) is 0 Å². The first-order chi connectivity index (χ1) is 15.5. The zero-order valence-corrected chi connectivity index (χ0v) is 16.8. The molecule has 32 heavy (non-hydrogen) atoms. The molecule has 0 saturated heterocycles. The van der Waals surface area contributed by atoms with Crippen LogP contribution >= 0.6 is 0 Å². The van der Waals surface area contributed by atoms with E-state index in [1.165, 1.54) is 36.4 Å². The Hall–Kier alpha value is -4.52. The van der Waals surface area contributed by atoms with Crippen LogP contribution in [0, 0.1) is 0 Å². The normalized spacial score (nSPS) is 14.8. The van der Waals surface area contributed by atoms with Gasteiger partial charge >= 0.3 is 0 Å². The Morgan fingerprint density at radius 3 is 1.72 bits per heavy atom. The van der Waals surface area contributed by atoms with Gasteiger partial charge in [-0.3, -0.25) is 9.59 Å². The van der Waals surface area contributed by atoms with E-state index in [4.69, 9.17) is 4.74 Å². The van der Waals surface area contributed by atoms with Gasteiger partial charge < -0.3 is 14.9 Å². The van der Waals surface area contributed by atoms with Gasteiger partial charge in [-0.05, 0) is 78.9 Å². The van der Waals surface area contributed by atoms with Gasteiger partial charge in [0.1, 0.15) is 12.4 Å². The van der Waals surface area contributed by atoms with Crippen LogP contribution in [0.1, 0.15) is 5.56 Å². The largest absolute Gasteiger partial charge is 0.508 e. The lowest BCUT2D eigenvalue weighted by Crippen LogP contribution is -1.99. The van der Waals surface area contributed by atoms with Crippen LogP contribution in [0.4, 0.5) is 11.4 Å². The van der Waals surface area contributed by atoms with Crippen LogP contribution in [-0.2, 0) is 16.2 Å². The zero-order chi connectivity index (χ0) is 22.5. The van der Waals surface area contributed by atoms with Crippen LogP contribution in [0.2, 0.25) is 0 Å². The maximum atomic E-state index is 11.2. The second-order valence-corrected chi connectivity index (χ2v) is 6.97. The van der Waals surface area contributed by atoms with E-state index < -0.39 is 0 Å². The Labute approximate surface area is 183 Å². The third-order valence-corrected chi connectivity index (χ3v) is 4.58. The highest BCUT2D eigenvalue weighted by molar-refractivity contribution is 6.17. The molecule has 0 unspecified atom stereocenters. The molecule has 0 aromatic heterocycles. The summed E-state index contributed by atoms with van der Waals surface area (Å²) in [5.41, 5.74) is 2.79. The summed E-state index contributed by atoms with van der Waals surface area (Å²) in [4.78, 5) is 31.3. The quantitative estimate of drug-likeness (QED) is 0.696. The van der Waals surface area contributed by atoms with Crippen molar-refractivity contribution in [1.82, 2.24) is 0 Å². The molecule has 2 N–H and O–H groups in total. The maximum Gasteiger partial charge on any atom is 0.178 e. The van der Waals surface area contributed by atoms with Crippen LogP contribution < -0.4 is 4.74 Å². The number of carbonyl (C=O) groups is 2. The number of benzene rings is 2. The molecule has 7 heteroatoms. The molecule has 7 nitrogen and oxygen atoms in total. The Morgan fingerprint density at radius 2 is 1.16 bits per heavy atom. The van der Waals surface area contributed by atoms with E-state index in [0.29, 0.717) is 28.4 Å². The highest BCUT2D eigenvalue weighted by atomic mass is 16.5. The summed E-state index contributed by atoms with van der Waals surface area (Å²) in [6.45, 7) is -0.0173. The molecular formula is C25H18N2O5. The topological polar surface area (TPSA) is 109 Å². The van der Waals surface area contributed by atoms with Crippen LogP contribution in [0.5, 0.6) is 17.2 Å². The molecule has 0 radical (unpaired) electrons. The first-order valence-corrected chi connectivity index (χ1v) is 9.72. The van der Waals surface area contributed by atoms with Crippen LogP contribution in [0.15, 0.2) is 95.0 Å². The molecule has 2 aliphatic rings. The zero-order valence-electron chi connectivity index (χ0n) is 16.8. The van der Waals surface area contributed by atoms with Crippen molar-refractivity contribution in [3.05, 3.63) is 90.6 Å². The van der Waals surface area contributed by atoms with Crippen LogP contribution in [0.3, 0.4) is 0 Å². The number of ketones is 2. The Bertz CT molecular complexity index is 1140. The van der Waals surface area contributed by atoms with Gasteiger partial charge in [-0.15, -0.1) is 0 Å². The summed E-state index contributed by atoms with van der Waals surface area (Å²) in [5.74, 6) is -0.0527. The number of aromatic hydroxyl groups is 2. The number of phenolic OH excluding ortho intramolecular Hbond substituents is 2. The minimum Gasteiger partial charge on any atom is -0.508 e. The Kier molecular flexibility index (Phi) is 5.89. The predicted molar refractivity (Wildman–Crippen MR) is 121 cm³/mol. The lowest BCUT2D eigenvalue weighted by atomic mass is 10.1. The molecule has 0 fully saturated rings. The molecule has 158 valence electrons. The Balaban J connectivity index is 1.51. The summed E-state index contributed by atoms with van der Waals surface area (Å²) < 4.78 is 5.72. The number of nitrogens with zero attached hydrogens (tertiary/aromatic N) is 2. The van der Waals surface area contributed by atoms with Crippen molar-refractivity contribution in [2.45, 2.75) is 6.61 Å². The van der Waals surface area contributed by atoms with E-state index in [0.717, 1.165) is 0 Å². The first-order valence-electron chi connectivity index (χ1n) is 9.72. The molecule has 0 saturated carbocycles. The molecule has 0 aliphatic heterocycles. The fourth-order valence-corrected chi connectivity index (χ4v) is 2.94. The molecule has 0 spiro atoms. The van der Waals surface area contributed by atoms with Gasteiger partial charge in [-0.1, -0.05) is 0 Å². The van der Waals surface area contributed by atoms with Crippen molar-refractivity contribution in [3.8, 4) is 17.2 Å². The smallest absolute Gasteiger partial charge is 0.178 e. The van der Waals surface area contributed by atoms with Gasteiger partial charge in [0.2, 0.25) is 0 Å². The summed E-state index contributed by atoms with van der Waals surface area (Å²) in [7, 11) is 0. The van der Waals surface area contributed by atoms with Crippen molar-refractivity contribution < 1.29 is 24.5 Å². The lowest BCUT2D eigenvalue weighted by Gasteiger charge is -2.11. The number of phenols is 2. The second kappa shape index (κ2) is 9.09. The number of allylic oxidation sites excluding steroid dienone is 8. The van der Waals surface area contributed by atoms with Gasteiger partial charge in [0.25, 0.3) is 0 Å². The second-order valence-electron chi connectivity index (χ2n) is 6.97. The molecule has 2 aromatic carbocycles. The van der Waals surface area contributed by atoms with Crippen molar-refractivity contribution in [1.29, 1.82) is 0 Å². The van der Waals surface area contributed by atoms with Crippen molar-refractivity contribution in [2.75, 3.05) is 0 Å². The average Bonchev–Trinajstić information content (AvgIpc) is 2.79. The number of rotatable bonds is 5. The summed E-state index contributed by atoms with van der Waals surface area (Å²) in [6.07, 6.45) is 12.1. The fraction of sp³-hybridized carbons (Fsp3) is 0.0400. The van der Waals surface area contributed by atoms with Gasteiger partial charge in [-0.2, -0.15) is 0 Å². The monoisotopic (exact) mass is 426 g/mol. The van der Waals surface area contributed by atoms with Crippen LogP contribution in [-0.4, -0.2) is 33.2 Å². The number of aliphatic imine (C=N–C) groups is 2. The van der Waals surface area contributed by atoms with Gasteiger partial charge in [-0.25, -0.2) is 9.98 Å². The minimum absolute atomic E-state index is 0.0173. The molecule has 2 aliphatic carbocycles. The fourth-order valence-electron chi connectivity index (χ4n) is 2.94. The standard InChI is InChI=1S/C25H18N2O5/c28-21-7-1-17(2-8-21)26-19-5-11-23(30)16(13-19)15-32-25-14-20(6-12-24(25)31)27-18-3-9-22(29)10-4-18/h1-14,30-31H,15H2. The maximum absolute atomic E-state index is 11.2. The first kappa shape index (κ1) is 20.7. The average molecular weight is 426 g/mol. The van der Waals surface area contributed by atoms with E-state index >= 15 is 0 Å². The summed E-state index contributed by atoms with van der Waals surface area (Å²) in [6, 6.07) is 9.46. The third kappa shape index (κ3) is 5.14.